The maximum Gasteiger partial charge on any atom is 0.340 e. The lowest BCUT2D eigenvalue weighted by Gasteiger charge is -2.18. The molecule has 0 aliphatic carbocycles. The zero-order valence-electron chi connectivity index (χ0n) is 21.1. The fourth-order valence-electron chi connectivity index (χ4n) is 3.94. The van der Waals surface area contributed by atoms with Crippen LogP contribution in [0.3, 0.4) is 0 Å². The molecule has 0 spiro atoms. The number of amides is 3. The van der Waals surface area contributed by atoms with Gasteiger partial charge in [0, 0.05) is 16.9 Å². The second kappa shape index (κ2) is 11.3. The molecule has 1 heterocycles. The number of hydrogen-bond acceptors (Lipinski definition) is 6. The minimum atomic E-state index is -0.764. The summed E-state index contributed by atoms with van der Waals surface area (Å²) in [7, 11) is 0. The summed E-state index contributed by atoms with van der Waals surface area (Å²) in [6.07, 6.45) is 0.628. The molecule has 1 aliphatic rings. The van der Waals surface area contributed by atoms with Crippen LogP contribution in [0.2, 0.25) is 0 Å². The van der Waals surface area contributed by atoms with E-state index in [1.165, 1.54) is 12.1 Å². The number of imide groups is 1. The van der Waals surface area contributed by atoms with Crippen LogP contribution in [0.5, 0.6) is 0 Å². The van der Waals surface area contributed by atoms with E-state index >= 15 is 0 Å². The van der Waals surface area contributed by atoms with E-state index < -0.39 is 17.8 Å². The first kappa shape index (κ1) is 26.6. The van der Waals surface area contributed by atoms with E-state index in [9.17, 15) is 19.2 Å². The molecule has 38 heavy (non-hydrogen) atoms. The number of esters is 1. The number of hydrogen-bond donors (Lipinski definition) is 2. The van der Waals surface area contributed by atoms with Gasteiger partial charge in [0.15, 0.2) is 0 Å². The molecule has 9 heteroatoms. The number of anilines is 3. The molecule has 0 bridgehead atoms. The lowest BCUT2D eigenvalue weighted by Crippen LogP contribution is -2.33. The minimum absolute atomic E-state index is 0.0764. The van der Waals surface area contributed by atoms with Gasteiger partial charge in [-0.25, -0.2) is 9.69 Å². The summed E-state index contributed by atoms with van der Waals surface area (Å²) in [5.41, 5.74) is 3.64. The van der Waals surface area contributed by atoms with Crippen LogP contribution in [0.25, 0.3) is 0 Å². The summed E-state index contributed by atoms with van der Waals surface area (Å²) in [5.74, 6) is -2.41. The highest BCUT2D eigenvalue weighted by Crippen LogP contribution is 2.32. The number of rotatable bonds is 8. The molecular formula is C29H26ClN3O5. The van der Waals surface area contributed by atoms with E-state index in [4.69, 9.17) is 16.3 Å². The summed E-state index contributed by atoms with van der Waals surface area (Å²) >= 11 is 6.26. The van der Waals surface area contributed by atoms with Crippen molar-refractivity contribution in [3.63, 3.8) is 0 Å². The van der Waals surface area contributed by atoms with E-state index in [1.807, 2.05) is 39.0 Å². The third-order valence-electron chi connectivity index (χ3n) is 5.88. The first-order chi connectivity index (χ1) is 18.2. The molecule has 1 aliphatic heterocycles. The molecule has 0 unspecified atom stereocenters. The van der Waals surface area contributed by atoms with Crippen molar-refractivity contribution in [2.24, 2.45) is 0 Å². The van der Waals surface area contributed by atoms with Crippen molar-refractivity contribution < 1.29 is 23.9 Å². The lowest BCUT2D eigenvalue weighted by molar-refractivity contribution is -0.120. The molecule has 0 saturated heterocycles. The van der Waals surface area contributed by atoms with Crippen LogP contribution in [-0.2, 0) is 14.3 Å². The molecule has 8 nitrogen and oxygen atoms in total. The van der Waals surface area contributed by atoms with Gasteiger partial charge < -0.3 is 15.4 Å². The van der Waals surface area contributed by atoms with Crippen molar-refractivity contribution in [1.29, 1.82) is 0 Å². The predicted molar refractivity (Wildman–Crippen MR) is 146 cm³/mol. The second-order valence-electron chi connectivity index (χ2n) is 8.76. The van der Waals surface area contributed by atoms with Crippen LogP contribution in [0.4, 0.5) is 17.1 Å². The number of nitrogens with zero attached hydrogens (tertiary/aromatic N) is 1. The smallest absolute Gasteiger partial charge is 0.340 e. The summed E-state index contributed by atoms with van der Waals surface area (Å²) in [4.78, 5) is 52.2. The summed E-state index contributed by atoms with van der Waals surface area (Å²) in [6.45, 7) is 5.97. The Kier molecular flexibility index (Phi) is 7.93. The van der Waals surface area contributed by atoms with E-state index in [0.717, 1.165) is 16.0 Å². The van der Waals surface area contributed by atoms with Gasteiger partial charge in [-0.15, -0.1) is 0 Å². The summed E-state index contributed by atoms with van der Waals surface area (Å²) < 4.78 is 5.19. The van der Waals surface area contributed by atoms with Gasteiger partial charge in [-0.05, 0) is 68.3 Å². The van der Waals surface area contributed by atoms with Gasteiger partial charge >= 0.3 is 5.97 Å². The van der Waals surface area contributed by atoms with Crippen molar-refractivity contribution >= 4 is 52.4 Å². The number of nitrogens with one attached hydrogen (secondary N) is 2. The number of carbonyl (C=O) groups is 4. The number of ether oxygens (including phenoxy) is 1. The van der Waals surface area contributed by atoms with Gasteiger partial charge in [-0.1, -0.05) is 48.4 Å². The van der Waals surface area contributed by atoms with Gasteiger partial charge in [-0.2, -0.15) is 0 Å². The highest BCUT2D eigenvalue weighted by atomic mass is 35.5. The van der Waals surface area contributed by atoms with Crippen molar-refractivity contribution in [2.75, 3.05) is 22.1 Å². The molecule has 3 aromatic carbocycles. The van der Waals surface area contributed by atoms with E-state index in [0.29, 0.717) is 23.4 Å². The Morgan fingerprint density at radius 2 is 1.66 bits per heavy atom. The Morgan fingerprint density at radius 3 is 2.34 bits per heavy atom. The average molecular weight is 532 g/mol. The third kappa shape index (κ3) is 5.45. The van der Waals surface area contributed by atoms with Crippen molar-refractivity contribution in [1.82, 2.24) is 0 Å². The third-order valence-corrected chi connectivity index (χ3v) is 6.23. The van der Waals surface area contributed by atoms with Crippen LogP contribution in [0.1, 0.15) is 45.2 Å². The fourth-order valence-corrected chi connectivity index (χ4v) is 4.15. The first-order valence-corrected chi connectivity index (χ1v) is 12.4. The van der Waals surface area contributed by atoms with E-state index in [-0.39, 0.29) is 34.5 Å². The normalized spacial score (nSPS) is 13.1. The Bertz CT molecular complexity index is 1460. The molecule has 4 rings (SSSR count). The molecule has 194 valence electrons. The topological polar surface area (TPSA) is 105 Å². The Labute approximate surface area is 225 Å². The Balaban J connectivity index is 1.50. The van der Waals surface area contributed by atoms with Gasteiger partial charge in [0.1, 0.15) is 10.7 Å². The number of aryl methyl sites for hydroxylation is 2. The highest BCUT2D eigenvalue weighted by molar-refractivity contribution is 6.53. The van der Waals surface area contributed by atoms with Crippen molar-refractivity contribution in [3.8, 4) is 0 Å². The van der Waals surface area contributed by atoms with Gasteiger partial charge in [0.25, 0.3) is 17.7 Å². The maximum atomic E-state index is 13.2. The van der Waals surface area contributed by atoms with Crippen LogP contribution < -0.4 is 15.5 Å². The number of halogens is 1. The number of benzene rings is 3. The molecule has 0 radical (unpaired) electrons. The molecule has 0 aromatic heterocycles. The standard InChI is InChI=1S/C29H26ClN3O5/c1-4-15-38-29(37)21-7-5-6-8-23(21)33-27(35)24(30)25(28(33)36)31-20-12-10-19(11-13-20)26(34)32-22-14-9-17(2)16-18(22)3/h5-14,16,31H,4,15H2,1-3H3,(H,32,34). The second-order valence-corrected chi connectivity index (χ2v) is 9.14. The lowest BCUT2D eigenvalue weighted by atomic mass is 10.1. The molecule has 3 amide bonds. The van der Waals surface area contributed by atoms with Gasteiger partial charge in [0.2, 0.25) is 0 Å². The number of carbonyl (C=O) groups excluding carboxylic acids is 4. The largest absolute Gasteiger partial charge is 0.462 e. The Morgan fingerprint density at radius 1 is 0.947 bits per heavy atom. The molecule has 2 N–H and O–H groups in total. The number of para-hydroxylation sites is 1. The summed E-state index contributed by atoms with van der Waals surface area (Å²) in [5, 5.41) is 5.44. The fraction of sp³-hybridized carbons (Fsp3) is 0.172. The molecule has 3 aromatic rings. The first-order valence-electron chi connectivity index (χ1n) is 12.0. The average Bonchev–Trinajstić information content (AvgIpc) is 3.12. The highest BCUT2D eigenvalue weighted by Gasteiger charge is 2.40. The zero-order chi connectivity index (χ0) is 27.4. The van der Waals surface area contributed by atoms with Gasteiger partial charge in [0.05, 0.1) is 17.9 Å². The van der Waals surface area contributed by atoms with Crippen LogP contribution >= 0.6 is 11.6 Å². The monoisotopic (exact) mass is 531 g/mol. The molecule has 0 fully saturated rings. The van der Waals surface area contributed by atoms with Crippen LogP contribution in [0.15, 0.2) is 77.5 Å². The zero-order valence-corrected chi connectivity index (χ0v) is 21.9. The Hall–Kier alpha value is -4.43. The SMILES string of the molecule is CCCOC(=O)c1ccccc1N1C(=O)C(Cl)=C(Nc2ccc(C(=O)Nc3ccc(C)cc3C)cc2)C1=O. The van der Waals surface area contributed by atoms with Crippen molar-refractivity contribution in [2.45, 2.75) is 27.2 Å². The van der Waals surface area contributed by atoms with Crippen LogP contribution in [0, 0.1) is 13.8 Å². The molecular weight excluding hydrogens is 506 g/mol. The van der Waals surface area contributed by atoms with Crippen LogP contribution in [-0.4, -0.2) is 30.3 Å². The quantitative estimate of drug-likeness (QED) is 0.291. The summed E-state index contributed by atoms with van der Waals surface area (Å²) in [6, 6.07) is 18.3. The van der Waals surface area contributed by atoms with Crippen molar-refractivity contribution in [3.05, 3.63) is 99.7 Å². The molecule has 0 atom stereocenters. The van der Waals surface area contributed by atoms with E-state index in [1.54, 1.807) is 36.4 Å². The molecule has 0 saturated carbocycles. The van der Waals surface area contributed by atoms with E-state index in [2.05, 4.69) is 10.6 Å². The maximum absolute atomic E-state index is 13.2. The predicted octanol–water partition coefficient (Wildman–Crippen LogP) is 5.56. The minimum Gasteiger partial charge on any atom is -0.462 e. The van der Waals surface area contributed by atoms with Gasteiger partial charge in [-0.3, -0.25) is 14.4 Å².